The molecule has 1 N–H and O–H groups in total. The van der Waals surface area contributed by atoms with Crippen LogP contribution in [0.1, 0.15) is 31.0 Å². The van der Waals surface area contributed by atoms with Crippen molar-refractivity contribution in [1.29, 1.82) is 0 Å². The van der Waals surface area contributed by atoms with Crippen LogP contribution in [-0.4, -0.2) is 77.3 Å². The average molecular weight is 681 g/mol. The molecular weight excluding hydrogens is 649 g/mol. The number of anilines is 1. The zero-order chi connectivity index (χ0) is 35.2. The average Bonchev–Trinajstić information content (AvgIpc) is 3.00. The number of rotatable bonds is 7. The Bertz CT molecular complexity index is 2190. The third kappa shape index (κ3) is 5.87. The van der Waals surface area contributed by atoms with E-state index in [-0.39, 0.29) is 54.5 Å². The van der Waals surface area contributed by atoms with E-state index in [4.69, 9.17) is 6.57 Å². The zero-order valence-corrected chi connectivity index (χ0v) is 27.3. The third-order valence-electron chi connectivity index (χ3n) is 8.15. The normalized spacial score (nSPS) is 15.2. The number of aromatic hydroxyl groups is 1. The highest BCUT2D eigenvalue weighted by atomic mass is 32.2. The molecule has 0 radical (unpaired) electrons. The summed E-state index contributed by atoms with van der Waals surface area (Å²) in [6.45, 7) is 14.9. The van der Waals surface area contributed by atoms with Crippen LogP contribution in [0.3, 0.4) is 0 Å². The van der Waals surface area contributed by atoms with Gasteiger partial charge in [0.2, 0.25) is 6.54 Å². The monoisotopic (exact) mass is 680 g/mol. The lowest BCUT2D eigenvalue weighted by Crippen LogP contribution is -2.57. The van der Waals surface area contributed by atoms with Crippen LogP contribution in [0, 0.1) is 25.1 Å². The van der Waals surface area contributed by atoms with Crippen molar-refractivity contribution in [1.82, 2.24) is 19.4 Å². The van der Waals surface area contributed by atoms with E-state index < -0.39 is 66.7 Å². The molecule has 1 fully saturated rings. The topological polar surface area (TPSA) is 130 Å². The number of fused-ring (bicyclic) bond motifs is 1. The van der Waals surface area contributed by atoms with Crippen LogP contribution < -0.4 is 10.5 Å². The van der Waals surface area contributed by atoms with Gasteiger partial charge in [0.05, 0.1) is 22.6 Å². The summed E-state index contributed by atoms with van der Waals surface area (Å²) in [7, 11) is -4.40. The van der Waals surface area contributed by atoms with Crippen molar-refractivity contribution in [2.45, 2.75) is 37.6 Å². The number of piperazine rings is 1. The van der Waals surface area contributed by atoms with E-state index in [9.17, 15) is 27.5 Å². The first-order valence-corrected chi connectivity index (χ1v) is 16.6. The van der Waals surface area contributed by atoms with Gasteiger partial charge in [-0.05, 0) is 42.7 Å². The summed E-state index contributed by atoms with van der Waals surface area (Å²) in [4.78, 5) is 41.2. The summed E-state index contributed by atoms with van der Waals surface area (Å²) in [5.41, 5.74) is -1.71. The lowest BCUT2D eigenvalue weighted by Gasteiger charge is -2.41. The Labute approximate surface area is 274 Å². The molecule has 4 aromatic rings. The number of benzene rings is 1. The first kappa shape index (κ1) is 34.1. The minimum atomic E-state index is -4.40. The van der Waals surface area contributed by atoms with Gasteiger partial charge in [-0.1, -0.05) is 26.5 Å². The Morgan fingerprint density at radius 3 is 2.50 bits per heavy atom. The van der Waals surface area contributed by atoms with Gasteiger partial charge in [-0.25, -0.2) is 33.1 Å². The summed E-state index contributed by atoms with van der Waals surface area (Å²) in [5.74, 6) is -5.33. The molecule has 0 bridgehead atoms. The van der Waals surface area contributed by atoms with Crippen LogP contribution in [0.4, 0.5) is 18.9 Å². The van der Waals surface area contributed by atoms with Crippen LogP contribution in [0.15, 0.2) is 58.6 Å². The summed E-state index contributed by atoms with van der Waals surface area (Å²) in [6.07, 6.45) is 2.34. The van der Waals surface area contributed by atoms with E-state index in [1.54, 1.807) is 13.0 Å². The number of phenolic OH excluding ortho intramolecular Hbond substituents is 1. The van der Waals surface area contributed by atoms with Crippen LogP contribution in [0.25, 0.3) is 32.8 Å². The minimum Gasteiger partial charge on any atom is -0.507 e. The Kier molecular flexibility index (Phi) is 9.07. The van der Waals surface area contributed by atoms with E-state index >= 15 is 8.78 Å². The summed E-state index contributed by atoms with van der Waals surface area (Å²) in [5, 5.41) is 10.4. The highest BCUT2D eigenvalue weighted by molar-refractivity contribution is 7.90. The maximum absolute atomic E-state index is 16.2. The van der Waals surface area contributed by atoms with Crippen LogP contribution >= 0.6 is 0 Å². The van der Waals surface area contributed by atoms with Gasteiger partial charge in [-0.15, -0.1) is 0 Å². The number of carbonyl (C=O) groups is 1. The fourth-order valence-corrected chi connectivity index (χ4v) is 7.05. The molecule has 1 amide bonds. The maximum Gasteiger partial charge on any atom is 0.282 e. The summed E-state index contributed by atoms with van der Waals surface area (Å²) < 4.78 is 73.3. The quantitative estimate of drug-likeness (QED) is 0.220. The van der Waals surface area contributed by atoms with Crippen molar-refractivity contribution in [3.05, 3.63) is 93.6 Å². The van der Waals surface area contributed by atoms with Crippen molar-refractivity contribution >= 4 is 32.5 Å². The van der Waals surface area contributed by atoms with Gasteiger partial charge in [0.15, 0.2) is 32.0 Å². The zero-order valence-electron chi connectivity index (χ0n) is 26.5. The number of hydrogen-bond acceptors (Lipinski definition) is 8. The Morgan fingerprint density at radius 2 is 1.90 bits per heavy atom. The van der Waals surface area contributed by atoms with E-state index in [1.807, 2.05) is 13.8 Å². The number of nitrogens with zero attached hydrogens (tertiary/aromatic N) is 6. The number of aryl methyl sites for hydroxylation is 1. The van der Waals surface area contributed by atoms with Crippen LogP contribution in [-0.2, 0) is 14.6 Å². The standard InChI is InChI=1S/C33H31F3N6O5S/c1-17(2)26-28(18(3)10-11-38-26)42-31-21(14-23(36)27(39-31)25-22(35)8-7-9-24(25)43)29(30(33(42)45)48(6,46)47)40-12-13-41(32(44)19(4)34)20(16-40)15-37-5/h7-11,14,17,20,43H,4,12-13,15-16H2,1-3,6H3/t20-/m0/s1. The molecule has 1 aliphatic heterocycles. The lowest BCUT2D eigenvalue weighted by molar-refractivity contribution is -0.131. The highest BCUT2D eigenvalue weighted by Crippen LogP contribution is 2.39. The molecule has 4 heterocycles. The molecule has 0 spiro atoms. The molecule has 1 saturated heterocycles. The third-order valence-corrected chi connectivity index (χ3v) is 9.26. The molecule has 1 aromatic carbocycles. The maximum atomic E-state index is 16.2. The van der Waals surface area contributed by atoms with E-state index in [1.165, 1.54) is 17.2 Å². The molecule has 0 unspecified atom stereocenters. The van der Waals surface area contributed by atoms with Crippen LogP contribution in [0.5, 0.6) is 5.75 Å². The van der Waals surface area contributed by atoms with E-state index in [0.29, 0.717) is 11.3 Å². The summed E-state index contributed by atoms with van der Waals surface area (Å²) >= 11 is 0. The molecule has 48 heavy (non-hydrogen) atoms. The second-order valence-corrected chi connectivity index (χ2v) is 13.7. The number of halogens is 3. The molecule has 1 aliphatic rings. The SMILES string of the molecule is [C-]#[N+]C[C@H]1CN(c2c(S(C)(=O)=O)c(=O)n(-c3c(C)ccnc3C(C)C)c3nc(-c4c(O)cccc4F)c(F)cc23)CCN1C(=O)C(=C)F. The van der Waals surface area contributed by atoms with Gasteiger partial charge in [0, 0.05) is 37.5 Å². The van der Waals surface area contributed by atoms with Gasteiger partial charge in [0.25, 0.3) is 11.5 Å². The van der Waals surface area contributed by atoms with Crippen molar-refractivity contribution in [3.63, 3.8) is 0 Å². The van der Waals surface area contributed by atoms with Gasteiger partial charge in [-0.3, -0.25) is 19.1 Å². The molecule has 11 nitrogen and oxygen atoms in total. The van der Waals surface area contributed by atoms with Gasteiger partial charge in [-0.2, -0.15) is 0 Å². The number of aromatic nitrogens is 3. The van der Waals surface area contributed by atoms with Crippen molar-refractivity contribution in [3.8, 4) is 22.7 Å². The molecule has 0 saturated carbocycles. The Morgan fingerprint density at radius 1 is 1.19 bits per heavy atom. The predicted octanol–water partition coefficient (Wildman–Crippen LogP) is 4.69. The fourth-order valence-electron chi connectivity index (χ4n) is 6.05. The second-order valence-electron chi connectivity index (χ2n) is 11.8. The smallest absolute Gasteiger partial charge is 0.282 e. The number of phenols is 1. The molecule has 15 heteroatoms. The van der Waals surface area contributed by atoms with Gasteiger partial charge in [0.1, 0.15) is 23.3 Å². The Hall–Kier alpha value is -5.23. The number of carbonyl (C=O) groups excluding carboxylic acids is 1. The predicted molar refractivity (Wildman–Crippen MR) is 174 cm³/mol. The number of hydrogen-bond donors (Lipinski definition) is 1. The van der Waals surface area contributed by atoms with E-state index in [0.717, 1.165) is 33.9 Å². The van der Waals surface area contributed by atoms with Crippen molar-refractivity contribution < 1.29 is 31.5 Å². The van der Waals surface area contributed by atoms with Crippen molar-refractivity contribution in [2.75, 3.05) is 37.3 Å². The number of pyridine rings is 3. The molecule has 1 atom stereocenters. The summed E-state index contributed by atoms with van der Waals surface area (Å²) in [6, 6.07) is 4.91. The molecule has 0 aliphatic carbocycles. The van der Waals surface area contributed by atoms with Crippen molar-refractivity contribution in [2.24, 2.45) is 0 Å². The van der Waals surface area contributed by atoms with Gasteiger partial charge < -0.3 is 19.8 Å². The minimum absolute atomic E-state index is 0.144. The largest absolute Gasteiger partial charge is 0.507 e. The fraction of sp³-hybridized carbons (Fsp3) is 0.303. The molecular formula is C33H31F3N6O5S. The number of sulfone groups is 1. The molecule has 250 valence electrons. The number of amides is 1. The second kappa shape index (κ2) is 12.8. The molecule has 5 rings (SSSR count). The molecule has 3 aromatic heterocycles. The van der Waals surface area contributed by atoms with Gasteiger partial charge >= 0.3 is 0 Å². The lowest BCUT2D eigenvalue weighted by atomic mass is 10.0. The Balaban J connectivity index is 1.95. The highest BCUT2D eigenvalue weighted by Gasteiger charge is 2.38. The first-order chi connectivity index (χ1) is 22.6. The van der Waals surface area contributed by atoms with E-state index in [2.05, 4.69) is 21.4 Å². The first-order valence-electron chi connectivity index (χ1n) is 14.7. The van der Waals surface area contributed by atoms with Crippen LogP contribution in [0.2, 0.25) is 0 Å².